The Kier molecular flexibility index (Phi) is 1.65. The molecule has 0 aliphatic heterocycles. The molecule has 2 fully saturated rings. The second-order valence-corrected chi connectivity index (χ2v) is 4.80. The summed E-state index contributed by atoms with van der Waals surface area (Å²) in [6.07, 6.45) is 1.33. The first-order valence-corrected chi connectivity index (χ1v) is 4.81. The zero-order chi connectivity index (χ0) is 9.85. The van der Waals surface area contributed by atoms with Crippen molar-refractivity contribution in [1.29, 1.82) is 0 Å². The van der Waals surface area contributed by atoms with Crippen molar-refractivity contribution in [2.45, 2.75) is 32.3 Å². The minimum Gasteiger partial charge on any atom is -0.393 e. The summed E-state index contributed by atoms with van der Waals surface area (Å²) in [6, 6.07) is 0. The molecule has 0 aromatic rings. The number of hydrogen-bond acceptors (Lipinski definition) is 3. The third-order valence-corrected chi connectivity index (χ3v) is 4.09. The first-order valence-electron chi connectivity index (χ1n) is 4.81. The molecule has 74 valence electrons. The highest BCUT2D eigenvalue weighted by Gasteiger charge is 2.72. The fourth-order valence-corrected chi connectivity index (χ4v) is 3.12. The van der Waals surface area contributed by atoms with Gasteiger partial charge in [-0.15, -0.1) is 0 Å². The molecule has 4 atom stereocenters. The molecule has 2 aliphatic rings. The third-order valence-electron chi connectivity index (χ3n) is 4.09. The lowest BCUT2D eigenvalue weighted by atomic mass is 9.78. The quantitative estimate of drug-likeness (QED) is 0.651. The Morgan fingerprint density at radius 2 is 2.31 bits per heavy atom. The Balaban J connectivity index is 2.30. The number of ketones is 1. The van der Waals surface area contributed by atoms with Gasteiger partial charge in [0.2, 0.25) is 0 Å². The lowest BCUT2D eigenvalue weighted by Crippen LogP contribution is -2.43. The van der Waals surface area contributed by atoms with Crippen LogP contribution in [0.2, 0.25) is 0 Å². The maximum absolute atomic E-state index is 11.4. The summed E-state index contributed by atoms with van der Waals surface area (Å²) < 4.78 is 0. The molecule has 3 heteroatoms. The normalized spacial score (nSPS) is 47.2. The van der Waals surface area contributed by atoms with Crippen LogP contribution in [0, 0.1) is 17.3 Å². The molecular weight excluding hydrogens is 168 g/mol. The van der Waals surface area contributed by atoms with E-state index in [1.54, 1.807) is 6.92 Å². The Bertz CT molecular complexity index is 259. The number of Topliss-reactive ketones (excluding diaryl/α,β-unsaturated/α-hetero) is 1. The summed E-state index contributed by atoms with van der Waals surface area (Å²) in [5.74, 6) is 0.498. The SMILES string of the molecule is CC1CC(=O)C2CC12C(C)(O)CO. The van der Waals surface area contributed by atoms with Crippen molar-refractivity contribution in [3.63, 3.8) is 0 Å². The van der Waals surface area contributed by atoms with Crippen LogP contribution < -0.4 is 0 Å². The fourth-order valence-electron chi connectivity index (χ4n) is 3.12. The number of aliphatic hydroxyl groups is 2. The van der Waals surface area contributed by atoms with Gasteiger partial charge in [0.15, 0.2) is 0 Å². The van der Waals surface area contributed by atoms with Gasteiger partial charge in [0.25, 0.3) is 0 Å². The van der Waals surface area contributed by atoms with Crippen LogP contribution in [0.1, 0.15) is 26.7 Å². The van der Waals surface area contributed by atoms with Gasteiger partial charge in [-0.3, -0.25) is 4.79 Å². The second-order valence-electron chi connectivity index (χ2n) is 4.80. The largest absolute Gasteiger partial charge is 0.393 e. The van der Waals surface area contributed by atoms with Gasteiger partial charge < -0.3 is 10.2 Å². The summed E-state index contributed by atoms with van der Waals surface area (Å²) in [5.41, 5.74) is -1.39. The van der Waals surface area contributed by atoms with Gasteiger partial charge in [-0.1, -0.05) is 6.92 Å². The number of rotatable bonds is 2. The van der Waals surface area contributed by atoms with Crippen LogP contribution in [0.4, 0.5) is 0 Å². The van der Waals surface area contributed by atoms with E-state index in [1.165, 1.54) is 0 Å². The maximum atomic E-state index is 11.4. The van der Waals surface area contributed by atoms with E-state index in [0.717, 1.165) is 6.42 Å². The van der Waals surface area contributed by atoms with Crippen molar-refractivity contribution < 1.29 is 15.0 Å². The molecule has 2 saturated carbocycles. The molecule has 2 rings (SSSR count). The monoisotopic (exact) mass is 184 g/mol. The summed E-state index contributed by atoms with van der Waals surface area (Å²) in [6.45, 7) is 3.39. The average Bonchev–Trinajstić information content (AvgIpc) is 2.75. The average molecular weight is 184 g/mol. The van der Waals surface area contributed by atoms with Crippen molar-refractivity contribution >= 4 is 5.78 Å². The van der Waals surface area contributed by atoms with Crippen LogP contribution in [0.3, 0.4) is 0 Å². The fraction of sp³-hybridized carbons (Fsp3) is 0.900. The molecule has 0 aromatic heterocycles. The van der Waals surface area contributed by atoms with Gasteiger partial charge >= 0.3 is 0 Å². The van der Waals surface area contributed by atoms with E-state index in [0.29, 0.717) is 6.42 Å². The standard InChI is InChI=1S/C10H16O3/c1-6-3-8(12)7-4-10(6,7)9(2,13)5-11/h6-7,11,13H,3-5H2,1-2H3. The predicted molar refractivity (Wildman–Crippen MR) is 47.0 cm³/mol. The summed E-state index contributed by atoms with van der Waals surface area (Å²) in [7, 11) is 0. The molecule has 0 heterocycles. The van der Waals surface area contributed by atoms with E-state index in [1.807, 2.05) is 6.92 Å². The number of fused-ring (bicyclic) bond motifs is 1. The Labute approximate surface area is 77.8 Å². The van der Waals surface area contributed by atoms with Gasteiger partial charge in [-0.25, -0.2) is 0 Å². The highest BCUT2D eigenvalue weighted by molar-refractivity contribution is 5.88. The summed E-state index contributed by atoms with van der Waals surface area (Å²) in [5, 5.41) is 19.1. The minimum absolute atomic E-state index is 0.0182. The topological polar surface area (TPSA) is 57.5 Å². The number of carbonyl (C=O) groups excluding carboxylic acids is 1. The lowest BCUT2D eigenvalue weighted by Gasteiger charge is -2.33. The molecule has 0 spiro atoms. The van der Waals surface area contributed by atoms with Gasteiger partial charge in [0, 0.05) is 17.8 Å². The predicted octanol–water partition coefficient (Wildman–Crippen LogP) is 0.345. The van der Waals surface area contributed by atoms with E-state index in [9.17, 15) is 9.90 Å². The highest BCUT2D eigenvalue weighted by Crippen LogP contribution is 2.69. The van der Waals surface area contributed by atoms with E-state index in [2.05, 4.69) is 0 Å². The molecule has 2 aliphatic carbocycles. The molecule has 0 saturated heterocycles. The van der Waals surface area contributed by atoms with Crippen LogP contribution in [0.15, 0.2) is 0 Å². The maximum Gasteiger partial charge on any atom is 0.136 e. The molecule has 0 radical (unpaired) electrons. The molecule has 0 bridgehead atoms. The van der Waals surface area contributed by atoms with Crippen molar-refractivity contribution in [2.75, 3.05) is 6.61 Å². The lowest BCUT2D eigenvalue weighted by molar-refractivity contribution is -0.119. The summed E-state index contributed by atoms with van der Waals surface area (Å²) in [4.78, 5) is 11.4. The van der Waals surface area contributed by atoms with Crippen molar-refractivity contribution in [3.05, 3.63) is 0 Å². The number of hydrogen-bond donors (Lipinski definition) is 2. The van der Waals surface area contributed by atoms with Crippen molar-refractivity contribution in [2.24, 2.45) is 17.3 Å². The van der Waals surface area contributed by atoms with E-state index >= 15 is 0 Å². The van der Waals surface area contributed by atoms with Crippen LogP contribution in [-0.2, 0) is 4.79 Å². The van der Waals surface area contributed by atoms with Gasteiger partial charge in [0.1, 0.15) is 5.78 Å². The third kappa shape index (κ3) is 0.891. The Hall–Kier alpha value is -0.410. The van der Waals surface area contributed by atoms with Gasteiger partial charge in [-0.2, -0.15) is 0 Å². The van der Waals surface area contributed by atoms with E-state index in [-0.39, 0.29) is 29.6 Å². The van der Waals surface area contributed by atoms with Crippen LogP contribution in [-0.4, -0.2) is 28.2 Å². The first-order chi connectivity index (χ1) is 5.95. The highest BCUT2D eigenvalue weighted by atomic mass is 16.3. The Morgan fingerprint density at radius 3 is 2.62 bits per heavy atom. The zero-order valence-electron chi connectivity index (χ0n) is 8.08. The van der Waals surface area contributed by atoms with E-state index < -0.39 is 5.60 Å². The second kappa shape index (κ2) is 2.34. The Morgan fingerprint density at radius 1 is 1.69 bits per heavy atom. The molecule has 4 unspecified atom stereocenters. The zero-order valence-corrected chi connectivity index (χ0v) is 8.08. The smallest absolute Gasteiger partial charge is 0.136 e. The molecule has 0 amide bonds. The number of carbonyl (C=O) groups is 1. The molecular formula is C10H16O3. The van der Waals surface area contributed by atoms with Gasteiger partial charge in [-0.05, 0) is 19.3 Å². The van der Waals surface area contributed by atoms with Gasteiger partial charge in [0.05, 0.1) is 12.2 Å². The van der Waals surface area contributed by atoms with Crippen LogP contribution in [0.25, 0.3) is 0 Å². The molecule has 13 heavy (non-hydrogen) atoms. The van der Waals surface area contributed by atoms with E-state index in [4.69, 9.17) is 5.11 Å². The van der Waals surface area contributed by atoms with Crippen molar-refractivity contribution in [1.82, 2.24) is 0 Å². The summed E-state index contributed by atoms with van der Waals surface area (Å²) >= 11 is 0. The van der Waals surface area contributed by atoms with Crippen molar-refractivity contribution in [3.8, 4) is 0 Å². The first kappa shape index (κ1) is 9.16. The minimum atomic E-state index is -1.08. The molecule has 3 nitrogen and oxygen atoms in total. The molecule has 2 N–H and O–H groups in total. The number of aliphatic hydroxyl groups excluding tert-OH is 1. The molecule has 0 aromatic carbocycles. The van der Waals surface area contributed by atoms with Crippen LogP contribution >= 0.6 is 0 Å². The van der Waals surface area contributed by atoms with Crippen LogP contribution in [0.5, 0.6) is 0 Å².